The fourth-order valence-electron chi connectivity index (χ4n) is 3.20. The minimum absolute atomic E-state index is 0.0581. The second-order valence-electron chi connectivity index (χ2n) is 7.01. The lowest BCUT2D eigenvalue weighted by Crippen LogP contribution is -2.44. The minimum atomic E-state index is -0.592. The molecule has 0 bridgehead atoms. The van der Waals surface area contributed by atoms with E-state index in [9.17, 15) is 4.79 Å². The number of nitrogens with zero attached hydrogens (tertiary/aromatic N) is 4. The summed E-state index contributed by atoms with van der Waals surface area (Å²) >= 11 is 6.22. The van der Waals surface area contributed by atoms with Crippen molar-refractivity contribution in [3.8, 4) is 0 Å². The lowest BCUT2D eigenvalue weighted by atomic mass is 10.2. The molecule has 148 valence electrons. The monoisotopic (exact) mass is 403 g/mol. The number of morpholine rings is 1. The highest BCUT2D eigenvalue weighted by Crippen LogP contribution is 2.42. The van der Waals surface area contributed by atoms with Crippen LogP contribution in [0.4, 0.5) is 17.3 Å². The molecular formula is C19H22ClN5O3. The van der Waals surface area contributed by atoms with Gasteiger partial charge in [-0.25, -0.2) is 19.7 Å². The third kappa shape index (κ3) is 3.88. The van der Waals surface area contributed by atoms with Crippen LogP contribution in [0.1, 0.15) is 41.9 Å². The number of pyridine rings is 1. The van der Waals surface area contributed by atoms with Crippen molar-refractivity contribution in [1.82, 2.24) is 15.0 Å². The summed E-state index contributed by atoms with van der Waals surface area (Å²) in [6.45, 7) is 4.30. The Hall–Kier alpha value is -2.45. The molecule has 1 atom stereocenters. The van der Waals surface area contributed by atoms with Crippen molar-refractivity contribution in [1.29, 1.82) is 0 Å². The first kappa shape index (κ1) is 18.9. The molecule has 2 aromatic heterocycles. The molecule has 0 spiro atoms. The van der Waals surface area contributed by atoms with Gasteiger partial charge in [-0.3, -0.25) is 0 Å². The fraction of sp³-hybridized carbons (Fsp3) is 0.474. The van der Waals surface area contributed by atoms with Crippen LogP contribution in [-0.4, -0.2) is 53.8 Å². The predicted molar refractivity (Wildman–Crippen MR) is 106 cm³/mol. The van der Waals surface area contributed by atoms with Gasteiger partial charge in [0, 0.05) is 12.5 Å². The number of esters is 1. The number of rotatable bonds is 5. The second-order valence-corrected chi connectivity index (χ2v) is 7.37. The first-order chi connectivity index (χ1) is 13.6. The van der Waals surface area contributed by atoms with Crippen LogP contribution >= 0.6 is 11.6 Å². The summed E-state index contributed by atoms with van der Waals surface area (Å²) in [5.74, 6) is 0.921. The van der Waals surface area contributed by atoms with E-state index in [0.29, 0.717) is 36.3 Å². The van der Waals surface area contributed by atoms with Crippen LogP contribution in [0.25, 0.3) is 0 Å². The number of carbonyl (C=O) groups is 1. The van der Waals surface area contributed by atoms with Crippen LogP contribution in [0, 0.1) is 0 Å². The van der Waals surface area contributed by atoms with Crippen LogP contribution in [0.15, 0.2) is 18.3 Å². The fourth-order valence-corrected chi connectivity index (χ4v) is 3.49. The highest BCUT2D eigenvalue weighted by molar-refractivity contribution is 6.30. The number of halogens is 1. The number of hydrogen-bond acceptors (Lipinski definition) is 8. The van der Waals surface area contributed by atoms with E-state index >= 15 is 0 Å². The van der Waals surface area contributed by atoms with Crippen LogP contribution in [0.3, 0.4) is 0 Å². The molecule has 1 saturated carbocycles. The van der Waals surface area contributed by atoms with E-state index < -0.39 is 5.97 Å². The van der Waals surface area contributed by atoms with Crippen LogP contribution in [-0.2, 0) is 9.47 Å². The van der Waals surface area contributed by atoms with Gasteiger partial charge in [0.15, 0.2) is 16.7 Å². The van der Waals surface area contributed by atoms with Gasteiger partial charge >= 0.3 is 5.97 Å². The van der Waals surface area contributed by atoms with Crippen molar-refractivity contribution < 1.29 is 14.3 Å². The molecule has 1 saturated heterocycles. The second kappa shape index (κ2) is 7.89. The molecule has 2 aliphatic rings. The maximum absolute atomic E-state index is 12.1. The molecule has 1 aliphatic carbocycles. The summed E-state index contributed by atoms with van der Waals surface area (Å²) in [6, 6.07) is 4.11. The molecular weight excluding hydrogens is 382 g/mol. The topological polar surface area (TPSA) is 89.5 Å². The number of carbonyl (C=O) groups excluding carboxylic acids is 1. The molecule has 0 aromatic carbocycles. The van der Waals surface area contributed by atoms with Crippen molar-refractivity contribution in [2.24, 2.45) is 0 Å². The maximum atomic E-state index is 12.1. The van der Waals surface area contributed by atoms with Crippen LogP contribution < -0.4 is 10.2 Å². The third-order valence-corrected chi connectivity index (χ3v) is 5.17. The van der Waals surface area contributed by atoms with E-state index in [4.69, 9.17) is 21.1 Å². The Morgan fingerprint density at radius 2 is 2.18 bits per heavy atom. The standard InChI is InChI=1S/C19H22ClN5O3/c1-11-10-28-8-7-25(11)14-6-5-13(9-21-14)22-18-16(19(26)27-2)23-17(20)15(24-18)12-3-4-12/h5-6,9,11-12H,3-4,7-8,10H2,1-2H3,(H,22,24)/t11-/m1/s1. The Morgan fingerprint density at radius 1 is 1.36 bits per heavy atom. The van der Waals surface area contributed by atoms with Gasteiger partial charge in [-0.15, -0.1) is 0 Å². The summed E-state index contributed by atoms with van der Waals surface area (Å²) in [7, 11) is 1.30. The van der Waals surface area contributed by atoms with E-state index in [-0.39, 0.29) is 16.9 Å². The van der Waals surface area contributed by atoms with Gasteiger partial charge in [-0.05, 0) is 31.9 Å². The number of methoxy groups -OCH3 is 1. The van der Waals surface area contributed by atoms with Crippen molar-refractivity contribution in [3.63, 3.8) is 0 Å². The normalized spacial score (nSPS) is 19.4. The summed E-state index contributed by atoms with van der Waals surface area (Å²) in [5, 5.41) is 3.39. The van der Waals surface area contributed by atoms with E-state index in [1.54, 1.807) is 6.20 Å². The molecule has 1 aliphatic heterocycles. The molecule has 1 N–H and O–H groups in total. The summed E-state index contributed by atoms with van der Waals surface area (Å²) < 4.78 is 10.3. The van der Waals surface area contributed by atoms with Gasteiger partial charge in [-0.2, -0.15) is 0 Å². The summed E-state index contributed by atoms with van der Waals surface area (Å²) in [5.41, 5.74) is 1.47. The van der Waals surface area contributed by atoms with Gasteiger partial charge in [0.2, 0.25) is 0 Å². The highest BCUT2D eigenvalue weighted by atomic mass is 35.5. The summed E-state index contributed by atoms with van der Waals surface area (Å²) in [4.78, 5) is 27.7. The summed E-state index contributed by atoms with van der Waals surface area (Å²) in [6.07, 6.45) is 3.77. The lowest BCUT2D eigenvalue weighted by Gasteiger charge is -2.34. The number of anilines is 3. The third-order valence-electron chi connectivity index (χ3n) is 4.89. The Balaban J connectivity index is 1.59. The van der Waals surface area contributed by atoms with Gasteiger partial charge in [-0.1, -0.05) is 11.6 Å². The highest BCUT2D eigenvalue weighted by Gasteiger charge is 2.30. The number of ether oxygens (including phenoxy) is 2. The zero-order valence-corrected chi connectivity index (χ0v) is 16.6. The average Bonchev–Trinajstić information content (AvgIpc) is 3.55. The molecule has 2 fully saturated rings. The minimum Gasteiger partial charge on any atom is -0.464 e. The van der Waals surface area contributed by atoms with E-state index in [2.05, 4.69) is 32.1 Å². The quantitative estimate of drug-likeness (QED) is 0.761. The molecule has 3 heterocycles. The number of nitrogens with one attached hydrogen (secondary N) is 1. The van der Waals surface area contributed by atoms with E-state index in [1.165, 1.54) is 7.11 Å². The van der Waals surface area contributed by atoms with Gasteiger partial charge in [0.1, 0.15) is 5.82 Å². The van der Waals surface area contributed by atoms with E-state index in [1.807, 2.05) is 12.1 Å². The lowest BCUT2D eigenvalue weighted by molar-refractivity contribution is 0.0595. The molecule has 4 rings (SSSR count). The maximum Gasteiger partial charge on any atom is 0.360 e. The average molecular weight is 404 g/mol. The van der Waals surface area contributed by atoms with E-state index in [0.717, 1.165) is 25.2 Å². The largest absolute Gasteiger partial charge is 0.464 e. The van der Waals surface area contributed by atoms with Crippen molar-refractivity contribution >= 4 is 34.9 Å². The first-order valence-electron chi connectivity index (χ1n) is 9.30. The van der Waals surface area contributed by atoms with Crippen LogP contribution in [0.2, 0.25) is 5.15 Å². The number of aromatic nitrogens is 3. The zero-order valence-electron chi connectivity index (χ0n) is 15.8. The van der Waals surface area contributed by atoms with Crippen molar-refractivity contribution in [2.45, 2.75) is 31.7 Å². The van der Waals surface area contributed by atoms with Crippen molar-refractivity contribution in [2.75, 3.05) is 37.1 Å². The predicted octanol–water partition coefficient (Wildman–Crippen LogP) is 3.16. The molecule has 9 heteroatoms. The molecule has 28 heavy (non-hydrogen) atoms. The van der Waals surface area contributed by atoms with Crippen LogP contribution in [0.5, 0.6) is 0 Å². The first-order valence-corrected chi connectivity index (χ1v) is 9.68. The Bertz CT molecular complexity index is 873. The Kier molecular flexibility index (Phi) is 5.32. The molecule has 2 aromatic rings. The zero-order chi connectivity index (χ0) is 19.7. The molecule has 0 unspecified atom stereocenters. The van der Waals surface area contributed by atoms with Gasteiger partial charge < -0.3 is 19.7 Å². The Morgan fingerprint density at radius 3 is 2.82 bits per heavy atom. The SMILES string of the molecule is COC(=O)c1nc(Cl)c(C2CC2)nc1Nc1ccc(N2CCOC[C@H]2C)nc1. The molecule has 8 nitrogen and oxygen atoms in total. The molecule has 0 radical (unpaired) electrons. The van der Waals surface area contributed by atoms with Gasteiger partial charge in [0.25, 0.3) is 0 Å². The van der Waals surface area contributed by atoms with Gasteiger partial charge in [0.05, 0.1) is 43.9 Å². The molecule has 0 amide bonds. The number of hydrogen-bond donors (Lipinski definition) is 1. The smallest absolute Gasteiger partial charge is 0.360 e. The Labute approximate surface area is 168 Å². The van der Waals surface area contributed by atoms with Crippen molar-refractivity contribution in [3.05, 3.63) is 34.9 Å².